The molecule has 0 saturated carbocycles. The Balaban J connectivity index is 2.18. The summed E-state index contributed by atoms with van der Waals surface area (Å²) >= 11 is 0. The van der Waals surface area contributed by atoms with Crippen molar-refractivity contribution in [3.8, 4) is 0 Å². The Morgan fingerprint density at radius 1 is 1.53 bits per heavy atom. The Bertz CT molecular complexity index is 477. The first-order valence-electron chi connectivity index (χ1n) is 6.43. The van der Waals surface area contributed by atoms with Crippen LogP contribution in [0.25, 0.3) is 0 Å². The predicted octanol–water partition coefficient (Wildman–Crippen LogP) is 2.34. The van der Waals surface area contributed by atoms with Crippen molar-refractivity contribution in [2.24, 2.45) is 0 Å². The summed E-state index contributed by atoms with van der Waals surface area (Å²) in [6.07, 6.45) is 1.62. The van der Waals surface area contributed by atoms with Gasteiger partial charge < -0.3 is 10.0 Å². The average molecular weight is 269 g/mol. The Kier molecular flexibility index (Phi) is 4.14. The summed E-state index contributed by atoms with van der Waals surface area (Å²) < 4.78 is 26.4. The lowest BCUT2D eigenvalue weighted by Crippen LogP contribution is -2.37. The molecule has 0 aliphatic carbocycles. The monoisotopic (exact) mass is 269 g/mol. The topological polar surface area (TPSA) is 40.5 Å². The molecule has 1 fully saturated rings. The molecule has 0 spiro atoms. The fourth-order valence-corrected chi connectivity index (χ4v) is 2.56. The predicted molar refractivity (Wildman–Crippen MR) is 66.7 cm³/mol. The summed E-state index contributed by atoms with van der Waals surface area (Å²) in [6.45, 7) is 2.21. The minimum Gasteiger partial charge on any atom is -0.393 e. The molecule has 0 aromatic heterocycles. The second-order valence-electron chi connectivity index (χ2n) is 5.00. The van der Waals surface area contributed by atoms with E-state index in [1.54, 1.807) is 11.8 Å². The van der Waals surface area contributed by atoms with Crippen LogP contribution in [0.4, 0.5) is 8.78 Å². The van der Waals surface area contributed by atoms with E-state index in [1.807, 2.05) is 0 Å². The molecule has 1 aliphatic heterocycles. The second kappa shape index (κ2) is 5.65. The van der Waals surface area contributed by atoms with Crippen molar-refractivity contribution in [1.82, 2.24) is 4.90 Å². The molecular weight excluding hydrogens is 252 g/mol. The van der Waals surface area contributed by atoms with Crippen LogP contribution in [0.1, 0.15) is 36.5 Å². The normalized spacial score (nSPS) is 20.6. The van der Waals surface area contributed by atoms with Crippen LogP contribution in [0.15, 0.2) is 18.2 Å². The van der Waals surface area contributed by atoms with Crippen molar-refractivity contribution in [1.29, 1.82) is 0 Å². The van der Waals surface area contributed by atoms with Gasteiger partial charge >= 0.3 is 0 Å². The maximum atomic E-state index is 13.6. The minimum atomic E-state index is -0.840. The van der Waals surface area contributed by atoms with Gasteiger partial charge in [-0.1, -0.05) is 0 Å². The van der Waals surface area contributed by atoms with Crippen LogP contribution in [0, 0.1) is 11.6 Å². The first kappa shape index (κ1) is 13.9. The summed E-state index contributed by atoms with van der Waals surface area (Å²) in [5.74, 6) is -1.97. The Morgan fingerprint density at radius 3 is 2.89 bits per heavy atom. The van der Waals surface area contributed by atoms with Crippen LogP contribution >= 0.6 is 0 Å². The van der Waals surface area contributed by atoms with Crippen LogP contribution in [0.5, 0.6) is 0 Å². The molecule has 3 nitrogen and oxygen atoms in total. The van der Waals surface area contributed by atoms with E-state index in [1.165, 1.54) is 6.07 Å². The number of aliphatic hydroxyl groups is 1. The highest BCUT2D eigenvalue weighted by molar-refractivity contribution is 5.94. The van der Waals surface area contributed by atoms with E-state index in [9.17, 15) is 18.7 Å². The third-order valence-corrected chi connectivity index (χ3v) is 3.41. The average Bonchev–Trinajstić information content (AvgIpc) is 2.75. The molecule has 2 rings (SSSR count). The summed E-state index contributed by atoms with van der Waals surface area (Å²) in [4.78, 5) is 13.8. The van der Waals surface area contributed by atoms with E-state index in [0.717, 1.165) is 18.9 Å². The maximum absolute atomic E-state index is 13.6. The number of hydrogen-bond acceptors (Lipinski definition) is 2. The fourth-order valence-electron chi connectivity index (χ4n) is 2.56. The molecule has 1 amide bonds. The number of amides is 1. The molecule has 1 aromatic carbocycles. The molecule has 5 heteroatoms. The standard InChI is InChI=1S/C14H17F2NO2/c1-9(18)7-11-3-2-6-17(11)14(19)12-5-4-10(15)8-13(12)16/h4-5,8-9,11,18H,2-3,6-7H2,1H3. The summed E-state index contributed by atoms with van der Waals surface area (Å²) in [7, 11) is 0. The van der Waals surface area contributed by atoms with Gasteiger partial charge in [-0.3, -0.25) is 4.79 Å². The van der Waals surface area contributed by atoms with Crippen LogP contribution in [-0.4, -0.2) is 34.6 Å². The quantitative estimate of drug-likeness (QED) is 0.915. The Labute approximate surface area is 110 Å². The number of carbonyl (C=O) groups excluding carboxylic acids is 1. The Hall–Kier alpha value is -1.49. The molecule has 1 aliphatic rings. The molecule has 0 radical (unpaired) electrons. The lowest BCUT2D eigenvalue weighted by Gasteiger charge is -2.26. The zero-order valence-electron chi connectivity index (χ0n) is 10.8. The van der Waals surface area contributed by atoms with Gasteiger partial charge in [0, 0.05) is 18.7 Å². The largest absolute Gasteiger partial charge is 0.393 e. The van der Waals surface area contributed by atoms with Gasteiger partial charge in [0.1, 0.15) is 11.6 Å². The van der Waals surface area contributed by atoms with E-state index in [-0.39, 0.29) is 11.6 Å². The SMILES string of the molecule is CC(O)CC1CCCN1C(=O)c1ccc(F)cc1F. The molecule has 1 N–H and O–H groups in total. The third-order valence-electron chi connectivity index (χ3n) is 3.41. The Morgan fingerprint density at radius 2 is 2.26 bits per heavy atom. The van der Waals surface area contributed by atoms with Gasteiger partial charge in [-0.2, -0.15) is 0 Å². The molecule has 0 bridgehead atoms. The van der Waals surface area contributed by atoms with Crippen molar-refractivity contribution in [2.45, 2.75) is 38.3 Å². The van der Waals surface area contributed by atoms with Crippen LogP contribution in [-0.2, 0) is 0 Å². The molecule has 2 atom stereocenters. The van der Waals surface area contributed by atoms with E-state index in [2.05, 4.69) is 0 Å². The second-order valence-corrected chi connectivity index (χ2v) is 5.00. The van der Waals surface area contributed by atoms with Gasteiger partial charge in [-0.15, -0.1) is 0 Å². The first-order chi connectivity index (χ1) is 8.99. The van der Waals surface area contributed by atoms with Gasteiger partial charge in [0.15, 0.2) is 0 Å². The zero-order chi connectivity index (χ0) is 14.0. The molecule has 1 heterocycles. The van der Waals surface area contributed by atoms with Gasteiger partial charge in [-0.05, 0) is 38.3 Å². The van der Waals surface area contributed by atoms with E-state index < -0.39 is 23.6 Å². The van der Waals surface area contributed by atoms with Crippen LogP contribution < -0.4 is 0 Å². The molecular formula is C14H17F2NO2. The minimum absolute atomic E-state index is 0.0723. The molecule has 1 aromatic rings. The van der Waals surface area contributed by atoms with Crippen molar-refractivity contribution < 1.29 is 18.7 Å². The smallest absolute Gasteiger partial charge is 0.257 e. The summed E-state index contributed by atoms with van der Waals surface area (Å²) in [6, 6.07) is 2.89. The van der Waals surface area contributed by atoms with E-state index in [0.29, 0.717) is 19.0 Å². The fraction of sp³-hybridized carbons (Fsp3) is 0.500. The van der Waals surface area contributed by atoms with Gasteiger partial charge in [0.25, 0.3) is 5.91 Å². The van der Waals surface area contributed by atoms with E-state index >= 15 is 0 Å². The molecule has 104 valence electrons. The van der Waals surface area contributed by atoms with Gasteiger partial charge in [-0.25, -0.2) is 8.78 Å². The highest BCUT2D eigenvalue weighted by Gasteiger charge is 2.31. The lowest BCUT2D eigenvalue weighted by molar-refractivity contribution is 0.0677. The first-order valence-corrected chi connectivity index (χ1v) is 6.43. The maximum Gasteiger partial charge on any atom is 0.257 e. The van der Waals surface area contributed by atoms with Crippen molar-refractivity contribution >= 4 is 5.91 Å². The number of nitrogens with zero attached hydrogens (tertiary/aromatic N) is 1. The number of benzene rings is 1. The number of rotatable bonds is 3. The summed E-state index contributed by atoms with van der Waals surface area (Å²) in [5.41, 5.74) is -0.112. The van der Waals surface area contributed by atoms with Crippen molar-refractivity contribution in [3.63, 3.8) is 0 Å². The summed E-state index contributed by atoms with van der Waals surface area (Å²) in [5, 5.41) is 9.41. The lowest BCUT2D eigenvalue weighted by atomic mass is 10.1. The zero-order valence-corrected chi connectivity index (χ0v) is 10.8. The highest BCUT2D eigenvalue weighted by Crippen LogP contribution is 2.24. The van der Waals surface area contributed by atoms with Crippen molar-refractivity contribution in [2.75, 3.05) is 6.54 Å². The van der Waals surface area contributed by atoms with Crippen LogP contribution in [0.3, 0.4) is 0 Å². The third kappa shape index (κ3) is 3.10. The molecule has 2 unspecified atom stereocenters. The number of carbonyl (C=O) groups is 1. The number of halogens is 2. The van der Waals surface area contributed by atoms with Gasteiger partial charge in [0.2, 0.25) is 0 Å². The van der Waals surface area contributed by atoms with Gasteiger partial charge in [0.05, 0.1) is 11.7 Å². The highest BCUT2D eigenvalue weighted by atomic mass is 19.1. The number of hydrogen-bond donors (Lipinski definition) is 1. The number of aliphatic hydroxyl groups excluding tert-OH is 1. The van der Waals surface area contributed by atoms with Crippen LogP contribution in [0.2, 0.25) is 0 Å². The van der Waals surface area contributed by atoms with Crippen molar-refractivity contribution in [3.05, 3.63) is 35.4 Å². The number of likely N-dealkylation sites (tertiary alicyclic amines) is 1. The molecule has 19 heavy (non-hydrogen) atoms. The van der Waals surface area contributed by atoms with E-state index in [4.69, 9.17) is 0 Å². The molecule has 1 saturated heterocycles.